The van der Waals surface area contributed by atoms with Gasteiger partial charge in [0.1, 0.15) is 0 Å². The fourth-order valence-electron chi connectivity index (χ4n) is 3.09. The normalized spacial score (nSPS) is 27.1. The fraction of sp³-hybridized carbons (Fsp3) is 0.412. The number of methoxy groups -OCH3 is 1. The average Bonchev–Trinajstić information content (AvgIpc) is 2.42. The monoisotopic (exact) mass is 272 g/mol. The summed E-state index contributed by atoms with van der Waals surface area (Å²) in [5.41, 5.74) is 3.13. The van der Waals surface area contributed by atoms with Crippen LogP contribution in [0, 0.1) is 11.3 Å². The van der Waals surface area contributed by atoms with Gasteiger partial charge in [0.15, 0.2) is 5.78 Å². The van der Waals surface area contributed by atoms with E-state index >= 15 is 0 Å². The summed E-state index contributed by atoms with van der Waals surface area (Å²) in [5.74, 6) is -0.624. The molecule has 106 valence electrons. The molecule has 0 saturated carbocycles. The summed E-state index contributed by atoms with van der Waals surface area (Å²) in [5, 5.41) is 0. The van der Waals surface area contributed by atoms with Gasteiger partial charge in [-0.25, -0.2) is 0 Å². The number of rotatable bonds is 2. The molecule has 2 aliphatic rings. The van der Waals surface area contributed by atoms with Crippen LogP contribution < -0.4 is 0 Å². The Hall–Kier alpha value is -1.90. The summed E-state index contributed by atoms with van der Waals surface area (Å²) in [7, 11) is 1.38. The Labute approximate surface area is 119 Å². The first-order valence-corrected chi connectivity index (χ1v) is 6.74. The number of hydrogen-bond donors (Lipinski definition) is 0. The second kappa shape index (κ2) is 4.89. The zero-order valence-electron chi connectivity index (χ0n) is 12.4. The van der Waals surface area contributed by atoms with E-state index in [1.165, 1.54) is 7.11 Å². The van der Waals surface area contributed by atoms with E-state index in [2.05, 4.69) is 13.5 Å². The van der Waals surface area contributed by atoms with Crippen LogP contribution in [0.2, 0.25) is 0 Å². The highest BCUT2D eigenvalue weighted by atomic mass is 16.5. The zero-order valence-corrected chi connectivity index (χ0v) is 12.4. The minimum Gasteiger partial charge on any atom is -0.469 e. The first kappa shape index (κ1) is 14.5. The summed E-state index contributed by atoms with van der Waals surface area (Å²) in [6.07, 6.45) is 6.38. The Morgan fingerprint density at radius 3 is 2.75 bits per heavy atom. The largest absolute Gasteiger partial charge is 0.469 e. The van der Waals surface area contributed by atoms with Gasteiger partial charge in [-0.1, -0.05) is 25.7 Å². The van der Waals surface area contributed by atoms with Crippen molar-refractivity contribution in [1.29, 1.82) is 0 Å². The van der Waals surface area contributed by atoms with E-state index in [1.54, 1.807) is 6.08 Å². The molecule has 20 heavy (non-hydrogen) atoms. The van der Waals surface area contributed by atoms with Crippen LogP contribution >= 0.6 is 0 Å². The van der Waals surface area contributed by atoms with Crippen molar-refractivity contribution in [2.75, 3.05) is 7.11 Å². The standard InChI is InChI=1S/C17H20O3/c1-10-13(11(2)16(19)20-5)6-8-17(4)9-7-14(18)12(3)15(10)17/h6-7,9,11H,1,8H2,2-5H3/t11-,17-/m0/s1. The van der Waals surface area contributed by atoms with Gasteiger partial charge in [0.25, 0.3) is 0 Å². The van der Waals surface area contributed by atoms with E-state index in [-0.39, 0.29) is 23.1 Å². The Kier molecular flexibility index (Phi) is 3.55. The van der Waals surface area contributed by atoms with Crippen molar-refractivity contribution in [3.63, 3.8) is 0 Å². The van der Waals surface area contributed by atoms with Crippen LogP contribution in [0.3, 0.4) is 0 Å². The predicted octanol–water partition coefficient (Wildman–Crippen LogP) is 3.14. The molecule has 0 heterocycles. The van der Waals surface area contributed by atoms with E-state index in [0.29, 0.717) is 0 Å². The van der Waals surface area contributed by atoms with E-state index in [4.69, 9.17) is 4.74 Å². The molecule has 0 aromatic heterocycles. The van der Waals surface area contributed by atoms with Crippen molar-refractivity contribution in [2.45, 2.75) is 27.2 Å². The predicted molar refractivity (Wildman–Crippen MR) is 78.0 cm³/mol. The molecule has 0 aromatic rings. The Bertz CT molecular complexity index is 589. The fourth-order valence-corrected chi connectivity index (χ4v) is 3.09. The third kappa shape index (κ3) is 2.07. The first-order valence-electron chi connectivity index (χ1n) is 6.74. The van der Waals surface area contributed by atoms with Crippen LogP contribution in [-0.4, -0.2) is 18.9 Å². The summed E-state index contributed by atoms with van der Waals surface area (Å²) >= 11 is 0. The van der Waals surface area contributed by atoms with Crippen molar-refractivity contribution in [1.82, 2.24) is 0 Å². The van der Waals surface area contributed by atoms with Crippen molar-refractivity contribution in [2.24, 2.45) is 11.3 Å². The highest BCUT2D eigenvalue weighted by Gasteiger charge is 2.38. The number of ketones is 1. The molecule has 3 nitrogen and oxygen atoms in total. The van der Waals surface area contributed by atoms with Crippen molar-refractivity contribution in [3.8, 4) is 0 Å². The lowest BCUT2D eigenvalue weighted by Gasteiger charge is -2.39. The minimum atomic E-state index is -0.363. The van der Waals surface area contributed by atoms with Gasteiger partial charge in [-0.05, 0) is 43.1 Å². The molecule has 0 bridgehead atoms. The van der Waals surface area contributed by atoms with Crippen LogP contribution in [0.25, 0.3) is 0 Å². The molecule has 3 heteroatoms. The van der Waals surface area contributed by atoms with Crippen LogP contribution in [0.1, 0.15) is 27.2 Å². The molecule has 0 N–H and O–H groups in total. The minimum absolute atomic E-state index is 0.0191. The van der Waals surface area contributed by atoms with Crippen LogP contribution in [-0.2, 0) is 14.3 Å². The second-order valence-corrected chi connectivity index (χ2v) is 5.70. The molecule has 0 unspecified atom stereocenters. The molecule has 0 aromatic carbocycles. The number of ether oxygens (including phenoxy) is 1. The lowest BCUT2D eigenvalue weighted by atomic mass is 9.64. The van der Waals surface area contributed by atoms with Gasteiger partial charge in [0.2, 0.25) is 0 Å². The summed E-state index contributed by atoms with van der Waals surface area (Å²) in [6, 6.07) is 0. The number of allylic oxidation sites excluding steroid dienone is 6. The second-order valence-electron chi connectivity index (χ2n) is 5.70. The summed E-state index contributed by atoms with van der Waals surface area (Å²) < 4.78 is 4.80. The Balaban J connectivity index is 2.49. The highest BCUT2D eigenvalue weighted by Crippen LogP contribution is 2.48. The number of fused-ring (bicyclic) bond motifs is 1. The van der Waals surface area contributed by atoms with Gasteiger partial charge in [-0.3, -0.25) is 9.59 Å². The maximum Gasteiger partial charge on any atom is 0.312 e. The van der Waals surface area contributed by atoms with Crippen LogP contribution in [0.15, 0.2) is 47.1 Å². The quantitative estimate of drug-likeness (QED) is 0.725. The number of carbonyl (C=O) groups excluding carboxylic acids is 2. The van der Waals surface area contributed by atoms with Crippen molar-refractivity contribution >= 4 is 11.8 Å². The van der Waals surface area contributed by atoms with Crippen molar-refractivity contribution in [3.05, 3.63) is 47.1 Å². The smallest absolute Gasteiger partial charge is 0.312 e. The molecule has 2 rings (SSSR count). The Morgan fingerprint density at radius 2 is 2.15 bits per heavy atom. The van der Waals surface area contributed by atoms with E-state index in [1.807, 2.05) is 26.0 Å². The van der Waals surface area contributed by atoms with E-state index in [0.717, 1.165) is 28.7 Å². The van der Waals surface area contributed by atoms with E-state index in [9.17, 15) is 9.59 Å². The number of hydrogen-bond acceptors (Lipinski definition) is 3. The molecular formula is C17H20O3. The molecule has 0 radical (unpaired) electrons. The van der Waals surface area contributed by atoms with Gasteiger partial charge in [-0.15, -0.1) is 0 Å². The Morgan fingerprint density at radius 1 is 1.50 bits per heavy atom. The molecular weight excluding hydrogens is 252 g/mol. The van der Waals surface area contributed by atoms with Crippen LogP contribution in [0.5, 0.6) is 0 Å². The molecule has 0 spiro atoms. The van der Waals surface area contributed by atoms with Gasteiger partial charge in [0.05, 0.1) is 13.0 Å². The molecule has 2 aliphatic carbocycles. The first-order chi connectivity index (χ1) is 9.31. The zero-order chi connectivity index (χ0) is 15.1. The average molecular weight is 272 g/mol. The maximum absolute atomic E-state index is 11.9. The highest BCUT2D eigenvalue weighted by molar-refractivity contribution is 6.06. The topological polar surface area (TPSA) is 43.4 Å². The van der Waals surface area contributed by atoms with Crippen molar-refractivity contribution < 1.29 is 14.3 Å². The molecule has 0 fully saturated rings. The van der Waals surface area contributed by atoms with Gasteiger partial charge in [0, 0.05) is 11.0 Å². The van der Waals surface area contributed by atoms with Gasteiger partial charge < -0.3 is 4.74 Å². The van der Waals surface area contributed by atoms with Crippen LogP contribution in [0.4, 0.5) is 0 Å². The molecule has 0 amide bonds. The molecule has 0 saturated heterocycles. The molecule has 0 aliphatic heterocycles. The molecule has 2 atom stereocenters. The maximum atomic E-state index is 11.9. The number of esters is 1. The van der Waals surface area contributed by atoms with Gasteiger partial charge in [-0.2, -0.15) is 0 Å². The number of carbonyl (C=O) groups is 2. The van der Waals surface area contributed by atoms with Gasteiger partial charge >= 0.3 is 5.97 Å². The third-order valence-electron chi connectivity index (χ3n) is 4.34. The lowest BCUT2D eigenvalue weighted by Crippen LogP contribution is -2.30. The SMILES string of the molecule is C=C1C([C@H](C)C(=O)OC)=CC[C@@]2(C)C=CC(=O)C(C)=C12. The summed E-state index contributed by atoms with van der Waals surface area (Å²) in [6.45, 7) is 9.86. The lowest BCUT2D eigenvalue weighted by molar-refractivity contribution is -0.143. The third-order valence-corrected chi connectivity index (χ3v) is 4.34. The summed E-state index contributed by atoms with van der Waals surface area (Å²) in [4.78, 5) is 23.6. The van der Waals surface area contributed by atoms with E-state index < -0.39 is 0 Å².